The van der Waals surface area contributed by atoms with Crippen molar-refractivity contribution in [3.8, 4) is 0 Å². The highest BCUT2D eigenvalue weighted by Gasteiger charge is 2.24. The second-order valence-corrected chi connectivity index (χ2v) is 7.19. The van der Waals surface area contributed by atoms with Crippen LogP contribution in [-0.4, -0.2) is 57.2 Å². The SMILES string of the molecule is O=C(c1ccc(Cl)c([SH](=O)=O)c1)N1CCC(CCOCCO)CC1. The summed E-state index contributed by atoms with van der Waals surface area (Å²) in [7, 11) is -2.83. The number of rotatable bonds is 7. The van der Waals surface area contributed by atoms with Gasteiger partial charge in [0.05, 0.1) is 23.1 Å². The lowest BCUT2D eigenvalue weighted by atomic mass is 9.93. The molecule has 0 unspecified atom stereocenters. The van der Waals surface area contributed by atoms with Crippen molar-refractivity contribution in [2.45, 2.75) is 24.2 Å². The molecule has 1 heterocycles. The van der Waals surface area contributed by atoms with Crippen LogP contribution in [0.2, 0.25) is 5.02 Å². The van der Waals surface area contributed by atoms with Crippen LogP contribution in [0, 0.1) is 5.92 Å². The number of carbonyl (C=O) groups excluding carboxylic acids is 1. The molecule has 1 aliphatic heterocycles. The molecule has 0 aliphatic carbocycles. The zero-order valence-electron chi connectivity index (χ0n) is 13.3. The standard InChI is InChI=1S/C16H22ClNO5S/c17-14-2-1-13(11-15(14)24(21)22)16(20)18-6-3-12(4-7-18)5-9-23-10-8-19/h1-2,11-12,19,24H,3-10H2. The molecule has 0 radical (unpaired) electrons. The smallest absolute Gasteiger partial charge is 0.253 e. The normalized spacial score (nSPS) is 15.9. The van der Waals surface area contributed by atoms with Crippen LogP contribution in [-0.2, 0) is 15.4 Å². The van der Waals surface area contributed by atoms with Gasteiger partial charge in [-0.25, -0.2) is 8.42 Å². The van der Waals surface area contributed by atoms with Crippen molar-refractivity contribution in [3.63, 3.8) is 0 Å². The van der Waals surface area contributed by atoms with Gasteiger partial charge < -0.3 is 14.7 Å². The number of amides is 1. The zero-order chi connectivity index (χ0) is 17.5. The molecule has 1 aromatic carbocycles. The van der Waals surface area contributed by atoms with E-state index in [0.717, 1.165) is 19.3 Å². The van der Waals surface area contributed by atoms with E-state index < -0.39 is 10.7 Å². The lowest BCUT2D eigenvalue weighted by Crippen LogP contribution is -2.38. The molecule has 6 nitrogen and oxygen atoms in total. The Balaban J connectivity index is 1.90. The number of aliphatic hydroxyl groups is 1. The number of ether oxygens (including phenoxy) is 1. The van der Waals surface area contributed by atoms with Gasteiger partial charge in [-0.2, -0.15) is 0 Å². The number of aliphatic hydroxyl groups excluding tert-OH is 1. The minimum absolute atomic E-state index is 0.0200. The Bertz CT molecular complexity index is 633. The largest absolute Gasteiger partial charge is 0.394 e. The average molecular weight is 376 g/mol. The Morgan fingerprint density at radius 3 is 2.62 bits per heavy atom. The zero-order valence-corrected chi connectivity index (χ0v) is 15.0. The highest BCUT2D eigenvalue weighted by atomic mass is 35.5. The van der Waals surface area contributed by atoms with Gasteiger partial charge in [0.15, 0.2) is 10.7 Å². The number of halogens is 1. The molecule has 0 saturated carbocycles. The Morgan fingerprint density at radius 1 is 1.29 bits per heavy atom. The molecule has 1 aliphatic rings. The molecule has 1 saturated heterocycles. The first-order valence-corrected chi connectivity index (χ1v) is 9.50. The Morgan fingerprint density at radius 2 is 2.00 bits per heavy atom. The van der Waals surface area contributed by atoms with Gasteiger partial charge in [0, 0.05) is 25.3 Å². The van der Waals surface area contributed by atoms with E-state index in [9.17, 15) is 13.2 Å². The van der Waals surface area contributed by atoms with Crippen molar-refractivity contribution in [1.82, 2.24) is 4.90 Å². The maximum atomic E-state index is 12.5. The van der Waals surface area contributed by atoms with Gasteiger partial charge in [-0.1, -0.05) is 11.6 Å². The molecule has 0 bridgehead atoms. The lowest BCUT2D eigenvalue weighted by Gasteiger charge is -2.32. The van der Waals surface area contributed by atoms with Gasteiger partial charge in [0.25, 0.3) is 5.91 Å². The summed E-state index contributed by atoms with van der Waals surface area (Å²) in [6, 6.07) is 4.34. The maximum absolute atomic E-state index is 12.5. The summed E-state index contributed by atoms with van der Waals surface area (Å²) in [5, 5.41) is 8.79. The molecular weight excluding hydrogens is 354 g/mol. The number of nitrogens with zero attached hydrogens (tertiary/aromatic N) is 1. The molecule has 0 atom stereocenters. The predicted molar refractivity (Wildman–Crippen MR) is 91.2 cm³/mol. The lowest BCUT2D eigenvalue weighted by molar-refractivity contribution is 0.0606. The van der Waals surface area contributed by atoms with Crippen LogP contribution in [0.5, 0.6) is 0 Å². The molecule has 1 amide bonds. The molecule has 134 valence electrons. The number of carbonyl (C=O) groups is 1. The topological polar surface area (TPSA) is 83.9 Å². The minimum Gasteiger partial charge on any atom is -0.394 e. The van der Waals surface area contributed by atoms with Crippen LogP contribution in [0.4, 0.5) is 0 Å². The molecule has 1 fully saturated rings. The first kappa shape index (κ1) is 19.2. The van der Waals surface area contributed by atoms with E-state index in [4.69, 9.17) is 21.4 Å². The maximum Gasteiger partial charge on any atom is 0.253 e. The Hall–Kier alpha value is -1.15. The van der Waals surface area contributed by atoms with Gasteiger partial charge in [0.1, 0.15) is 0 Å². The monoisotopic (exact) mass is 375 g/mol. The second kappa shape index (κ2) is 9.36. The van der Waals surface area contributed by atoms with Crippen LogP contribution < -0.4 is 0 Å². The molecule has 0 spiro atoms. The summed E-state index contributed by atoms with van der Waals surface area (Å²) in [6.07, 6.45) is 2.71. The summed E-state index contributed by atoms with van der Waals surface area (Å²) in [5.41, 5.74) is 0.346. The quantitative estimate of drug-likeness (QED) is 0.558. The summed E-state index contributed by atoms with van der Waals surface area (Å²) >= 11 is 5.84. The van der Waals surface area contributed by atoms with Crippen LogP contribution in [0.1, 0.15) is 29.6 Å². The number of benzene rings is 1. The van der Waals surface area contributed by atoms with Crippen LogP contribution in [0.25, 0.3) is 0 Å². The Labute approximate surface area is 148 Å². The van der Waals surface area contributed by atoms with Gasteiger partial charge in [0.2, 0.25) is 0 Å². The highest BCUT2D eigenvalue weighted by molar-refractivity contribution is 7.72. The van der Waals surface area contributed by atoms with Crippen molar-refractivity contribution >= 4 is 28.2 Å². The van der Waals surface area contributed by atoms with E-state index in [0.29, 0.717) is 37.8 Å². The summed E-state index contributed by atoms with van der Waals surface area (Å²) in [5.74, 6) is 0.337. The summed E-state index contributed by atoms with van der Waals surface area (Å²) in [4.78, 5) is 14.3. The third kappa shape index (κ3) is 5.17. The summed E-state index contributed by atoms with van der Waals surface area (Å²) < 4.78 is 27.6. The van der Waals surface area contributed by atoms with Crippen LogP contribution in [0.3, 0.4) is 0 Å². The van der Waals surface area contributed by atoms with E-state index in [1.165, 1.54) is 12.1 Å². The fraction of sp³-hybridized carbons (Fsp3) is 0.562. The number of thiol groups is 1. The number of hydrogen-bond donors (Lipinski definition) is 2. The third-order valence-corrected chi connectivity index (χ3v) is 5.42. The van der Waals surface area contributed by atoms with E-state index >= 15 is 0 Å². The first-order valence-electron chi connectivity index (χ1n) is 7.94. The fourth-order valence-electron chi connectivity index (χ4n) is 2.81. The van der Waals surface area contributed by atoms with Crippen molar-refractivity contribution in [2.75, 3.05) is 32.9 Å². The number of likely N-dealkylation sites (tertiary alicyclic amines) is 1. The fourth-order valence-corrected chi connectivity index (χ4v) is 3.63. The first-order chi connectivity index (χ1) is 11.5. The Kier molecular flexibility index (Phi) is 7.48. The van der Waals surface area contributed by atoms with Crippen molar-refractivity contribution in [2.24, 2.45) is 5.92 Å². The van der Waals surface area contributed by atoms with Crippen molar-refractivity contribution in [3.05, 3.63) is 28.8 Å². The van der Waals surface area contributed by atoms with Gasteiger partial charge in [-0.15, -0.1) is 0 Å². The highest BCUT2D eigenvalue weighted by Crippen LogP contribution is 2.24. The molecular formula is C16H22ClNO5S. The van der Waals surface area contributed by atoms with Gasteiger partial charge in [-0.05, 0) is 43.4 Å². The number of piperidine rings is 1. The molecule has 8 heteroatoms. The molecule has 1 N–H and O–H groups in total. The minimum atomic E-state index is -2.83. The molecule has 0 aromatic heterocycles. The van der Waals surface area contributed by atoms with E-state index in [2.05, 4.69) is 0 Å². The average Bonchev–Trinajstić information content (AvgIpc) is 2.59. The van der Waals surface area contributed by atoms with Crippen LogP contribution in [0.15, 0.2) is 23.1 Å². The van der Waals surface area contributed by atoms with Crippen molar-refractivity contribution < 1.29 is 23.1 Å². The second-order valence-electron chi connectivity index (χ2n) is 5.78. The molecule has 24 heavy (non-hydrogen) atoms. The van der Waals surface area contributed by atoms with Gasteiger partial charge in [-0.3, -0.25) is 4.79 Å². The molecule has 1 aromatic rings. The van der Waals surface area contributed by atoms with E-state index in [-0.39, 0.29) is 22.4 Å². The van der Waals surface area contributed by atoms with E-state index in [1.807, 2.05) is 0 Å². The van der Waals surface area contributed by atoms with E-state index in [1.54, 1.807) is 11.0 Å². The third-order valence-electron chi connectivity index (χ3n) is 4.20. The van der Waals surface area contributed by atoms with Gasteiger partial charge >= 0.3 is 0 Å². The van der Waals surface area contributed by atoms with Crippen LogP contribution >= 0.6 is 11.6 Å². The summed E-state index contributed by atoms with van der Waals surface area (Å²) in [6.45, 7) is 2.30. The number of hydrogen-bond acceptors (Lipinski definition) is 5. The van der Waals surface area contributed by atoms with Crippen molar-refractivity contribution in [1.29, 1.82) is 0 Å². The predicted octanol–water partition coefficient (Wildman–Crippen LogP) is 1.56. The molecule has 2 rings (SSSR count).